The number of phenolic OH excluding ortho intramolecular Hbond substituents is 1. The average Bonchev–Trinajstić information content (AvgIpc) is 3.12. The summed E-state index contributed by atoms with van der Waals surface area (Å²) in [7, 11) is 1.50. The molecule has 0 fully saturated rings. The number of nitrogens with one attached hydrogen (secondary N) is 2. The molecular formula is C17H17FN4O3. The maximum Gasteiger partial charge on any atom is 0.170 e. The summed E-state index contributed by atoms with van der Waals surface area (Å²) in [6, 6.07) is 3.83. The molecule has 0 bridgehead atoms. The number of aromatic amines is 1. The fourth-order valence-corrected chi connectivity index (χ4v) is 2.81. The average molecular weight is 344 g/mol. The monoisotopic (exact) mass is 344 g/mol. The summed E-state index contributed by atoms with van der Waals surface area (Å²) in [4.78, 5) is 3.97. The number of aromatic hydroxyl groups is 1. The quantitative estimate of drug-likeness (QED) is 0.332. The lowest BCUT2D eigenvalue weighted by molar-refractivity contribution is 0.234. The van der Waals surface area contributed by atoms with Crippen LogP contribution in [0.5, 0.6) is 5.75 Å². The Balaban J connectivity index is 2.34. The van der Waals surface area contributed by atoms with Gasteiger partial charge in [-0.25, -0.2) is 4.39 Å². The number of aryl methyl sites for hydroxylation is 2. The zero-order chi connectivity index (χ0) is 18.1. The molecule has 0 radical (unpaired) electrons. The van der Waals surface area contributed by atoms with E-state index in [1.165, 1.54) is 19.2 Å². The summed E-state index contributed by atoms with van der Waals surface area (Å²) in [5.41, 5.74) is 5.01. The van der Waals surface area contributed by atoms with E-state index >= 15 is 0 Å². The molecule has 3 aromatic rings. The van der Waals surface area contributed by atoms with E-state index in [1.807, 2.05) is 12.4 Å². The van der Waals surface area contributed by atoms with Crippen LogP contribution in [0.2, 0.25) is 0 Å². The molecule has 0 spiro atoms. The van der Waals surface area contributed by atoms with Gasteiger partial charge in [-0.1, -0.05) is 0 Å². The molecule has 2 aromatic heterocycles. The lowest BCUT2D eigenvalue weighted by Gasteiger charge is -2.09. The van der Waals surface area contributed by atoms with E-state index in [1.54, 1.807) is 13.2 Å². The summed E-state index contributed by atoms with van der Waals surface area (Å²) in [6.45, 7) is 3.64. The number of hydrogen-bond donors (Lipinski definition) is 4. The Bertz CT molecular complexity index is 939. The van der Waals surface area contributed by atoms with E-state index in [-0.39, 0.29) is 17.1 Å². The van der Waals surface area contributed by atoms with Gasteiger partial charge in [0.15, 0.2) is 5.84 Å². The predicted molar refractivity (Wildman–Crippen MR) is 90.2 cm³/mol. The molecule has 0 amide bonds. The van der Waals surface area contributed by atoms with Gasteiger partial charge in [-0.2, -0.15) is 5.10 Å². The second-order valence-electron chi connectivity index (χ2n) is 5.52. The molecule has 0 aliphatic carbocycles. The zero-order valence-corrected chi connectivity index (χ0v) is 13.9. The highest BCUT2D eigenvalue weighted by Gasteiger charge is 2.25. The number of furan rings is 1. The first-order valence-electron chi connectivity index (χ1n) is 7.47. The van der Waals surface area contributed by atoms with Crippen molar-refractivity contribution in [2.45, 2.75) is 13.8 Å². The number of hydrogen-bond acceptors (Lipinski definition) is 5. The van der Waals surface area contributed by atoms with Crippen LogP contribution in [0.15, 0.2) is 33.9 Å². The first kappa shape index (κ1) is 16.7. The summed E-state index contributed by atoms with van der Waals surface area (Å²) >= 11 is 0. The van der Waals surface area contributed by atoms with Crippen molar-refractivity contribution in [2.24, 2.45) is 4.99 Å². The summed E-state index contributed by atoms with van der Waals surface area (Å²) in [6.07, 6.45) is 1.59. The van der Waals surface area contributed by atoms with Crippen molar-refractivity contribution in [1.29, 1.82) is 0 Å². The molecule has 0 unspecified atom stereocenters. The van der Waals surface area contributed by atoms with Gasteiger partial charge in [0.05, 0.1) is 6.26 Å². The van der Waals surface area contributed by atoms with E-state index in [9.17, 15) is 14.7 Å². The van der Waals surface area contributed by atoms with Gasteiger partial charge in [0, 0.05) is 29.8 Å². The number of aromatic nitrogens is 2. The van der Waals surface area contributed by atoms with Crippen molar-refractivity contribution in [3.05, 3.63) is 47.3 Å². The Morgan fingerprint density at radius 3 is 2.64 bits per heavy atom. The highest BCUT2D eigenvalue weighted by Crippen LogP contribution is 2.39. The van der Waals surface area contributed by atoms with Crippen molar-refractivity contribution in [1.82, 2.24) is 15.7 Å². The van der Waals surface area contributed by atoms with Crippen LogP contribution in [-0.4, -0.2) is 33.4 Å². The summed E-state index contributed by atoms with van der Waals surface area (Å²) in [5.74, 6) is -0.0333. The van der Waals surface area contributed by atoms with Crippen LogP contribution in [-0.2, 0) is 0 Å². The molecule has 0 aliphatic rings. The maximum atomic E-state index is 14.4. The van der Waals surface area contributed by atoms with Gasteiger partial charge in [0.25, 0.3) is 0 Å². The Morgan fingerprint density at radius 2 is 2.08 bits per heavy atom. The van der Waals surface area contributed by atoms with Crippen molar-refractivity contribution in [3.8, 4) is 28.1 Å². The van der Waals surface area contributed by atoms with Gasteiger partial charge < -0.3 is 9.52 Å². The second kappa shape index (κ2) is 6.40. The number of nitrogens with zero attached hydrogens (tertiary/aromatic N) is 2. The van der Waals surface area contributed by atoms with Crippen molar-refractivity contribution in [3.63, 3.8) is 0 Å². The Morgan fingerprint density at radius 1 is 1.32 bits per heavy atom. The smallest absolute Gasteiger partial charge is 0.170 e. The van der Waals surface area contributed by atoms with Gasteiger partial charge in [0.2, 0.25) is 0 Å². The Labute approximate surface area is 142 Å². The molecule has 3 rings (SSSR count). The molecule has 2 heterocycles. The third-order valence-electron chi connectivity index (χ3n) is 3.95. The Kier molecular flexibility index (Phi) is 4.28. The minimum absolute atomic E-state index is 0.146. The molecule has 4 N–H and O–H groups in total. The van der Waals surface area contributed by atoms with E-state index in [2.05, 4.69) is 15.2 Å². The molecule has 1 aromatic carbocycles. The van der Waals surface area contributed by atoms with Crippen LogP contribution >= 0.6 is 0 Å². The lowest BCUT2D eigenvalue weighted by Crippen LogP contribution is -2.21. The topological polar surface area (TPSA) is 107 Å². The predicted octanol–water partition coefficient (Wildman–Crippen LogP) is 3.15. The largest absolute Gasteiger partial charge is 0.508 e. The van der Waals surface area contributed by atoms with E-state index in [0.29, 0.717) is 22.7 Å². The normalized spacial score (nSPS) is 11.8. The fraction of sp³-hybridized carbons (Fsp3) is 0.176. The van der Waals surface area contributed by atoms with Gasteiger partial charge in [-0.05, 0) is 31.5 Å². The third kappa shape index (κ3) is 2.76. The molecule has 0 saturated carbocycles. The number of phenols is 1. The number of benzene rings is 1. The van der Waals surface area contributed by atoms with Crippen molar-refractivity contribution >= 4 is 5.84 Å². The maximum absolute atomic E-state index is 14.4. The highest BCUT2D eigenvalue weighted by molar-refractivity contribution is 6.05. The molecule has 0 aliphatic heterocycles. The van der Waals surface area contributed by atoms with Crippen molar-refractivity contribution in [2.75, 3.05) is 7.05 Å². The standard InChI is InChI=1S/C17H17FN4O3/c1-8-7-25-9(2)13(8)14-15(11-5-4-10(23)6-12(11)18)20-21-16(14)17(19-3)22-24/h4-7,23-24H,1-3H3,(H,19,22)(H,20,21). The Hall–Kier alpha value is -3.13. The second-order valence-corrected chi connectivity index (χ2v) is 5.52. The van der Waals surface area contributed by atoms with Gasteiger partial charge in [-0.15, -0.1) is 0 Å². The molecule has 130 valence electrons. The van der Waals surface area contributed by atoms with Gasteiger partial charge in [0.1, 0.15) is 28.7 Å². The van der Waals surface area contributed by atoms with Gasteiger partial charge in [-0.3, -0.25) is 20.8 Å². The fourth-order valence-electron chi connectivity index (χ4n) is 2.81. The molecule has 25 heavy (non-hydrogen) atoms. The first-order valence-corrected chi connectivity index (χ1v) is 7.47. The minimum atomic E-state index is -0.620. The number of rotatable bonds is 3. The third-order valence-corrected chi connectivity index (χ3v) is 3.95. The number of hydroxylamine groups is 1. The van der Waals surface area contributed by atoms with Crippen LogP contribution in [0.1, 0.15) is 17.0 Å². The van der Waals surface area contributed by atoms with Crippen LogP contribution in [0.4, 0.5) is 4.39 Å². The van der Waals surface area contributed by atoms with Crippen LogP contribution in [0.3, 0.4) is 0 Å². The van der Waals surface area contributed by atoms with Crippen LogP contribution < -0.4 is 5.48 Å². The molecule has 7 nitrogen and oxygen atoms in total. The molecule has 0 saturated heterocycles. The van der Waals surface area contributed by atoms with E-state index < -0.39 is 5.82 Å². The van der Waals surface area contributed by atoms with E-state index in [0.717, 1.165) is 17.2 Å². The molecule has 8 heteroatoms. The number of amidine groups is 1. The molecular weight excluding hydrogens is 327 g/mol. The van der Waals surface area contributed by atoms with Crippen molar-refractivity contribution < 1.29 is 19.1 Å². The number of H-pyrrole nitrogens is 1. The van der Waals surface area contributed by atoms with Crippen LogP contribution in [0.25, 0.3) is 22.4 Å². The highest BCUT2D eigenvalue weighted by atomic mass is 19.1. The summed E-state index contributed by atoms with van der Waals surface area (Å²) in [5, 5.41) is 25.8. The lowest BCUT2D eigenvalue weighted by atomic mass is 9.96. The van der Waals surface area contributed by atoms with E-state index in [4.69, 9.17) is 4.42 Å². The number of aliphatic imine (C=N–C) groups is 1. The SMILES string of the molecule is CN=C(NO)c1[nH]nc(-c2ccc(O)cc2F)c1-c1c(C)coc1C. The summed E-state index contributed by atoms with van der Waals surface area (Å²) < 4.78 is 19.9. The first-order chi connectivity index (χ1) is 12.0. The van der Waals surface area contributed by atoms with Gasteiger partial charge >= 0.3 is 0 Å². The minimum Gasteiger partial charge on any atom is -0.508 e. The van der Waals surface area contributed by atoms with Crippen LogP contribution in [0, 0.1) is 19.7 Å². The zero-order valence-electron chi connectivity index (χ0n) is 13.9. The number of halogens is 1. The molecule has 0 atom stereocenters.